The highest BCUT2D eigenvalue weighted by Gasteiger charge is 2.21. The maximum atomic E-state index is 14.0. The first kappa shape index (κ1) is 23.3. The van der Waals surface area contributed by atoms with Crippen LogP contribution >= 0.6 is 11.6 Å². The number of hydrogen-bond acceptors (Lipinski definition) is 2. The summed E-state index contributed by atoms with van der Waals surface area (Å²) in [5.74, 6) is -0.243. The van der Waals surface area contributed by atoms with E-state index in [1.807, 2.05) is 78.9 Å². The molecule has 4 rings (SSSR count). The lowest BCUT2D eigenvalue weighted by molar-refractivity contribution is -0.126. The number of halogens is 1. The molecule has 0 saturated carbocycles. The van der Waals surface area contributed by atoms with Crippen molar-refractivity contribution in [2.75, 3.05) is 6.54 Å². The first-order chi connectivity index (χ1) is 16.6. The molecule has 0 aliphatic heterocycles. The molecular formula is C29H25ClN2O2. The minimum absolute atomic E-state index is 0.243. The van der Waals surface area contributed by atoms with E-state index < -0.39 is 0 Å². The summed E-state index contributed by atoms with van der Waals surface area (Å²) in [5, 5.41) is 0.510. The van der Waals surface area contributed by atoms with Gasteiger partial charge in [-0.15, -0.1) is 0 Å². The smallest absolute Gasteiger partial charge is 0.271 e. The molecule has 5 heteroatoms. The van der Waals surface area contributed by atoms with Gasteiger partial charge in [0.2, 0.25) is 0 Å². The van der Waals surface area contributed by atoms with Crippen molar-refractivity contribution in [2.45, 2.75) is 13.0 Å². The maximum Gasteiger partial charge on any atom is 0.271 e. The zero-order valence-corrected chi connectivity index (χ0v) is 19.4. The molecule has 1 heterocycles. The second kappa shape index (κ2) is 11.3. The Hall–Kier alpha value is -3.89. The van der Waals surface area contributed by atoms with Crippen LogP contribution in [0.25, 0.3) is 11.8 Å². The van der Waals surface area contributed by atoms with Crippen molar-refractivity contribution < 1.29 is 4.79 Å². The van der Waals surface area contributed by atoms with Gasteiger partial charge < -0.3 is 4.90 Å². The Balaban J connectivity index is 1.74. The lowest BCUT2D eigenvalue weighted by Crippen LogP contribution is -2.36. The number of carbonyl (C=O) groups excluding carboxylic acids is 1. The molecule has 1 amide bonds. The average molecular weight is 469 g/mol. The van der Waals surface area contributed by atoms with E-state index in [1.54, 1.807) is 35.4 Å². The Labute approximate surface area is 204 Å². The van der Waals surface area contributed by atoms with Crippen molar-refractivity contribution in [3.05, 3.63) is 141 Å². The summed E-state index contributed by atoms with van der Waals surface area (Å²) < 4.78 is 1.38. The number of pyridine rings is 1. The van der Waals surface area contributed by atoms with Crippen molar-refractivity contribution in [3.8, 4) is 0 Å². The fourth-order valence-corrected chi connectivity index (χ4v) is 3.92. The first-order valence-corrected chi connectivity index (χ1v) is 11.5. The van der Waals surface area contributed by atoms with Crippen LogP contribution in [0.2, 0.25) is 5.02 Å². The minimum atomic E-state index is -0.281. The van der Waals surface area contributed by atoms with Crippen molar-refractivity contribution >= 4 is 29.3 Å². The summed E-state index contributed by atoms with van der Waals surface area (Å²) in [7, 11) is 0. The van der Waals surface area contributed by atoms with Crippen molar-refractivity contribution in [1.29, 1.82) is 0 Å². The highest BCUT2D eigenvalue weighted by molar-refractivity contribution is 6.32. The van der Waals surface area contributed by atoms with E-state index in [-0.39, 0.29) is 17.2 Å². The SMILES string of the molecule is O=C(/C(=C\c1ccccc1Cl)n1ccccc1=O)N(CCc1ccccc1)Cc1ccccc1. The highest BCUT2D eigenvalue weighted by atomic mass is 35.5. The standard InChI is InChI=1S/C29H25ClN2O2/c30-26-16-8-7-15-25(26)21-27(32-19-10-9-17-28(32)33)29(34)31(22-24-13-5-2-6-14-24)20-18-23-11-3-1-4-12-23/h1-17,19,21H,18,20,22H2/b27-21+. The van der Waals surface area contributed by atoms with Crippen LogP contribution in [0, 0.1) is 0 Å². The molecule has 3 aromatic carbocycles. The number of rotatable bonds is 8. The number of hydrogen-bond donors (Lipinski definition) is 0. The van der Waals surface area contributed by atoms with Crippen LogP contribution in [0.4, 0.5) is 0 Å². The molecule has 0 fully saturated rings. The van der Waals surface area contributed by atoms with Gasteiger partial charge in [0, 0.05) is 30.4 Å². The van der Waals surface area contributed by atoms with Gasteiger partial charge in [0.15, 0.2) is 0 Å². The lowest BCUT2D eigenvalue weighted by Gasteiger charge is -2.25. The molecule has 0 bridgehead atoms. The topological polar surface area (TPSA) is 42.3 Å². The van der Waals surface area contributed by atoms with Gasteiger partial charge in [-0.2, -0.15) is 0 Å². The van der Waals surface area contributed by atoms with E-state index >= 15 is 0 Å². The molecule has 0 atom stereocenters. The fraction of sp³-hybridized carbons (Fsp3) is 0.103. The van der Waals surface area contributed by atoms with E-state index in [1.165, 1.54) is 10.6 Å². The normalized spacial score (nSPS) is 11.3. The van der Waals surface area contributed by atoms with Crippen molar-refractivity contribution in [1.82, 2.24) is 9.47 Å². The zero-order valence-electron chi connectivity index (χ0n) is 18.7. The third kappa shape index (κ3) is 5.91. The maximum absolute atomic E-state index is 14.0. The first-order valence-electron chi connectivity index (χ1n) is 11.1. The summed E-state index contributed by atoms with van der Waals surface area (Å²) in [6.45, 7) is 0.924. The number of benzene rings is 3. The molecule has 0 N–H and O–H groups in total. The van der Waals surface area contributed by atoms with Gasteiger partial charge >= 0.3 is 0 Å². The predicted octanol–water partition coefficient (Wildman–Crippen LogP) is 5.77. The monoisotopic (exact) mass is 468 g/mol. The van der Waals surface area contributed by atoms with Crippen LogP contribution in [0.15, 0.2) is 114 Å². The summed E-state index contributed by atoms with van der Waals surface area (Å²) >= 11 is 6.39. The Morgan fingerprint density at radius 3 is 2.09 bits per heavy atom. The molecular weight excluding hydrogens is 444 g/mol. The van der Waals surface area contributed by atoms with Gasteiger partial charge in [-0.25, -0.2) is 0 Å². The van der Waals surface area contributed by atoms with Crippen LogP contribution in [0.3, 0.4) is 0 Å². The molecule has 0 saturated heterocycles. The van der Waals surface area contributed by atoms with Crippen LogP contribution < -0.4 is 5.56 Å². The molecule has 0 aliphatic carbocycles. The highest BCUT2D eigenvalue weighted by Crippen LogP contribution is 2.22. The van der Waals surface area contributed by atoms with E-state index in [9.17, 15) is 9.59 Å². The van der Waals surface area contributed by atoms with E-state index in [0.29, 0.717) is 30.1 Å². The molecule has 170 valence electrons. The largest absolute Gasteiger partial charge is 0.333 e. The molecule has 34 heavy (non-hydrogen) atoms. The Bertz CT molecular complexity index is 1330. The third-order valence-electron chi connectivity index (χ3n) is 5.52. The van der Waals surface area contributed by atoms with Gasteiger partial charge in [0.05, 0.1) is 0 Å². The summed E-state index contributed by atoms with van der Waals surface area (Å²) in [6, 6.07) is 32.0. The quantitative estimate of drug-likeness (QED) is 0.308. The molecule has 0 spiro atoms. The van der Waals surface area contributed by atoms with Gasteiger partial charge in [0.25, 0.3) is 11.5 Å². The third-order valence-corrected chi connectivity index (χ3v) is 5.86. The minimum Gasteiger partial charge on any atom is -0.333 e. The number of carbonyl (C=O) groups is 1. The lowest BCUT2D eigenvalue weighted by atomic mass is 10.1. The van der Waals surface area contributed by atoms with Crippen LogP contribution in [-0.2, 0) is 17.8 Å². The summed E-state index contributed by atoms with van der Waals surface area (Å²) in [4.78, 5) is 28.5. The van der Waals surface area contributed by atoms with Gasteiger partial charge in [-0.3, -0.25) is 14.2 Å². The predicted molar refractivity (Wildman–Crippen MR) is 138 cm³/mol. The fourth-order valence-electron chi connectivity index (χ4n) is 3.73. The average Bonchev–Trinajstić information content (AvgIpc) is 2.87. The number of aromatic nitrogens is 1. The summed E-state index contributed by atoms with van der Waals surface area (Å²) in [5.41, 5.74) is 2.80. The Morgan fingerprint density at radius 2 is 1.41 bits per heavy atom. The van der Waals surface area contributed by atoms with Crippen LogP contribution in [-0.4, -0.2) is 21.9 Å². The van der Waals surface area contributed by atoms with Gasteiger partial charge in [-0.05, 0) is 41.3 Å². The van der Waals surface area contributed by atoms with Crippen molar-refractivity contribution in [3.63, 3.8) is 0 Å². The summed E-state index contributed by atoms with van der Waals surface area (Å²) in [6.07, 6.45) is 4.00. The number of amides is 1. The Kier molecular flexibility index (Phi) is 7.74. The molecule has 4 nitrogen and oxygen atoms in total. The molecule has 0 aliphatic rings. The van der Waals surface area contributed by atoms with Gasteiger partial charge in [0.1, 0.15) is 5.70 Å². The van der Waals surface area contributed by atoms with E-state index in [0.717, 1.165) is 11.1 Å². The molecule has 0 radical (unpaired) electrons. The number of nitrogens with zero attached hydrogens (tertiary/aromatic N) is 2. The van der Waals surface area contributed by atoms with Gasteiger partial charge in [-0.1, -0.05) is 96.5 Å². The zero-order chi connectivity index (χ0) is 23.8. The second-order valence-electron chi connectivity index (χ2n) is 7.91. The molecule has 1 aromatic heterocycles. The molecule has 0 unspecified atom stereocenters. The second-order valence-corrected chi connectivity index (χ2v) is 8.32. The molecule has 4 aromatic rings. The Morgan fingerprint density at radius 1 is 0.794 bits per heavy atom. The van der Waals surface area contributed by atoms with E-state index in [2.05, 4.69) is 0 Å². The van der Waals surface area contributed by atoms with E-state index in [4.69, 9.17) is 11.6 Å². The van der Waals surface area contributed by atoms with Crippen molar-refractivity contribution in [2.24, 2.45) is 0 Å². The van der Waals surface area contributed by atoms with Crippen LogP contribution in [0.5, 0.6) is 0 Å². The van der Waals surface area contributed by atoms with Crippen LogP contribution in [0.1, 0.15) is 16.7 Å².